The van der Waals surface area contributed by atoms with E-state index >= 15 is 0 Å². The molecule has 3 N–H and O–H groups in total. The van der Waals surface area contributed by atoms with Crippen LogP contribution in [0.25, 0.3) is 0 Å². The summed E-state index contributed by atoms with van der Waals surface area (Å²) in [5, 5.41) is 9.57. The van der Waals surface area contributed by atoms with Gasteiger partial charge in [-0.3, -0.25) is 0 Å². The fourth-order valence-electron chi connectivity index (χ4n) is 2.15. The van der Waals surface area contributed by atoms with Crippen molar-refractivity contribution >= 4 is 23.4 Å². The molecule has 0 aromatic carbocycles. The van der Waals surface area contributed by atoms with Crippen molar-refractivity contribution in [2.75, 3.05) is 30.3 Å². The lowest BCUT2D eigenvalue weighted by atomic mass is 10.1. The number of morpholine rings is 1. The minimum atomic E-state index is -0.363. The van der Waals surface area contributed by atoms with Crippen molar-refractivity contribution in [1.29, 1.82) is 0 Å². The standard InChI is InChI=1S/C11H17ClN4O2/c1-11(2)6-16(4-7(5-17)18-11)9-3-8(12)14-10(13)15-9/h3,7,17H,4-6H2,1-2H3,(H2,13,14,15). The van der Waals surface area contributed by atoms with E-state index in [1.54, 1.807) is 6.07 Å². The maximum atomic E-state index is 9.26. The Bertz CT molecular complexity index is 421. The lowest BCUT2D eigenvalue weighted by Crippen LogP contribution is -2.54. The Morgan fingerprint density at radius 1 is 1.61 bits per heavy atom. The van der Waals surface area contributed by atoms with E-state index in [-0.39, 0.29) is 24.3 Å². The van der Waals surface area contributed by atoms with Crippen LogP contribution < -0.4 is 10.6 Å². The largest absolute Gasteiger partial charge is 0.394 e. The SMILES string of the molecule is CC1(C)CN(c2cc(Cl)nc(N)n2)CC(CO)O1. The van der Waals surface area contributed by atoms with Crippen LogP contribution in [0.5, 0.6) is 0 Å². The van der Waals surface area contributed by atoms with Gasteiger partial charge in [0, 0.05) is 19.2 Å². The molecule has 1 saturated heterocycles. The number of anilines is 2. The minimum Gasteiger partial charge on any atom is -0.394 e. The van der Waals surface area contributed by atoms with Crippen LogP contribution in [0.15, 0.2) is 6.07 Å². The molecule has 2 heterocycles. The number of hydrogen-bond donors (Lipinski definition) is 2. The van der Waals surface area contributed by atoms with Crippen molar-refractivity contribution in [3.05, 3.63) is 11.2 Å². The lowest BCUT2D eigenvalue weighted by molar-refractivity contribution is -0.101. The van der Waals surface area contributed by atoms with Crippen molar-refractivity contribution in [3.63, 3.8) is 0 Å². The summed E-state index contributed by atoms with van der Waals surface area (Å²) in [4.78, 5) is 9.99. The third kappa shape index (κ3) is 3.01. The molecule has 1 fully saturated rings. The average molecular weight is 273 g/mol. The number of nitrogens with two attached hydrogens (primary N) is 1. The van der Waals surface area contributed by atoms with Gasteiger partial charge in [-0.25, -0.2) is 4.98 Å². The van der Waals surface area contributed by atoms with Crippen LogP contribution in [-0.2, 0) is 4.74 Å². The van der Waals surface area contributed by atoms with Gasteiger partial charge in [-0.1, -0.05) is 11.6 Å². The Kier molecular flexibility index (Phi) is 3.61. The molecule has 0 spiro atoms. The highest BCUT2D eigenvalue weighted by Gasteiger charge is 2.33. The molecule has 1 aromatic heterocycles. The third-order valence-electron chi connectivity index (χ3n) is 2.71. The zero-order chi connectivity index (χ0) is 13.3. The number of ether oxygens (including phenoxy) is 1. The number of nitrogens with zero attached hydrogens (tertiary/aromatic N) is 3. The van der Waals surface area contributed by atoms with Gasteiger partial charge in [0.2, 0.25) is 5.95 Å². The molecule has 1 aromatic rings. The summed E-state index contributed by atoms with van der Waals surface area (Å²) < 4.78 is 5.74. The first-order valence-corrected chi connectivity index (χ1v) is 6.11. The number of rotatable bonds is 2. The van der Waals surface area contributed by atoms with Gasteiger partial charge < -0.3 is 20.5 Å². The Morgan fingerprint density at radius 3 is 2.94 bits per heavy atom. The monoisotopic (exact) mass is 272 g/mol. The summed E-state index contributed by atoms with van der Waals surface area (Å²) in [5.74, 6) is 0.796. The lowest BCUT2D eigenvalue weighted by Gasteiger charge is -2.42. The normalized spacial score (nSPS) is 23.1. The van der Waals surface area contributed by atoms with Gasteiger partial charge in [-0.2, -0.15) is 4.98 Å². The second-order valence-corrected chi connectivity index (χ2v) is 5.36. The summed E-state index contributed by atoms with van der Waals surface area (Å²) in [7, 11) is 0. The van der Waals surface area contributed by atoms with E-state index in [0.717, 1.165) is 0 Å². The first kappa shape index (κ1) is 13.3. The summed E-state index contributed by atoms with van der Waals surface area (Å²) in [6.07, 6.45) is -0.247. The van der Waals surface area contributed by atoms with E-state index in [0.29, 0.717) is 24.1 Å². The molecule has 1 aliphatic heterocycles. The Hall–Kier alpha value is -1.11. The van der Waals surface area contributed by atoms with Crippen molar-refractivity contribution in [2.24, 2.45) is 0 Å². The van der Waals surface area contributed by atoms with Crippen LogP contribution in [-0.4, -0.2) is 46.5 Å². The molecule has 0 bridgehead atoms. The molecule has 0 radical (unpaired) electrons. The van der Waals surface area contributed by atoms with Gasteiger partial charge in [-0.05, 0) is 13.8 Å². The smallest absolute Gasteiger partial charge is 0.223 e. The maximum Gasteiger partial charge on any atom is 0.223 e. The van der Waals surface area contributed by atoms with Gasteiger partial charge in [0.1, 0.15) is 11.0 Å². The van der Waals surface area contributed by atoms with E-state index < -0.39 is 0 Å². The van der Waals surface area contributed by atoms with Crippen LogP contribution in [0, 0.1) is 0 Å². The molecule has 1 aliphatic rings. The zero-order valence-corrected chi connectivity index (χ0v) is 11.2. The zero-order valence-electron chi connectivity index (χ0n) is 10.4. The van der Waals surface area contributed by atoms with Gasteiger partial charge in [0.05, 0.1) is 18.3 Å². The van der Waals surface area contributed by atoms with E-state index in [9.17, 15) is 5.11 Å². The van der Waals surface area contributed by atoms with E-state index in [4.69, 9.17) is 22.1 Å². The molecule has 1 unspecified atom stereocenters. The molecule has 0 aliphatic carbocycles. The third-order valence-corrected chi connectivity index (χ3v) is 2.90. The number of aliphatic hydroxyl groups excluding tert-OH is 1. The van der Waals surface area contributed by atoms with Crippen LogP contribution in [0.1, 0.15) is 13.8 Å². The van der Waals surface area contributed by atoms with Crippen molar-refractivity contribution in [1.82, 2.24) is 9.97 Å². The second-order valence-electron chi connectivity index (χ2n) is 4.97. The minimum absolute atomic E-state index is 0.0335. The number of aromatic nitrogens is 2. The van der Waals surface area contributed by atoms with Crippen LogP contribution in [0.4, 0.5) is 11.8 Å². The fraction of sp³-hybridized carbons (Fsp3) is 0.636. The Balaban J connectivity index is 2.26. The van der Waals surface area contributed by atoms with Gasteiger partial charge in [0.15, 0.2) is 0 Å². The molecule has 7 heteroatoms. The van der Waals surface area contributed by atoms with Crippen LogP contribution in [0.2, 0.25) is 5.15 Å². The second kappa shape index (κ2) is 4.87. The Morgan fingerprint density at radius 2 is 2.33 bits per heavy atom. The number of aliphatic hydroxyl groups is 1. The predicted octanol–water partition coefficient (Wildman–Crippen LogP) is 0.688. The number of hydrogen-bond acceptors (Lipinski definition) is 6. The fourth-order valence-corrected chi connectivity index (χ4v) is 2.33. The topological polar surface area (TPSA) is 84.5 Å². The highest BCUT2D eigenvalue weighted by Crippen LogP contribution is 2.26. The molecule has 100 valence electrons. The molecule has 0 amide bonds. The first-order valence-electron chi connectivity index (χ1n) is 5.73. The molecule has 18 heavy (non-hydrogen) atoms. The molecular formula is C11H17ClN4O2. The highest BCUT2D eigenvalue weighted by molar-refractivity contribution is 6.29. The summed E-state index contributed by atoms with van der Waals surface area (Å²) in [6, 6.07) is 1.66. The van der Waals surface area contributed by atoms with Crippen molar-refractivity contribution in [2.45, 2.75) is 25.6 Å². The molecule has 0 saturated carbocycles. The first-order chi connectivity index (χ1) is 8.39. The molecular weight excluding hydrogens is 256 g/mol. The van der Waals surface area contributed by atoms with Crippen molar-refractivity contribution in [3.8, 4) is 0 Å². The van der Waals surface area contributed by atoms with Gasteiger partial charge >= 0.3 is 0 Å². The van der Waals surface area contributed by atoms with Gasteiger partial charge in [-0.15, -0.1) is 0 Å². The van der Waals surface area contributed by atoms with E-state index in [1.165, 1.54) is 0 Å². The molecule has 1 atom stereocenters. The number of nitrogen functional groups attached to an aromatic ring is 1. The maximum absolute atomic E-state index is 9.26. The van der Waals surface area contributed by atoms with Crippen LogP contribution >= 0.6 is 11.6 Å². The van der Waals surface area contributed by atoms with E-state index in [2.05, 4.69) is 9.97 Å². The molecule has 6 nitrogen and oxygen atoms in total. The van der Waals surface area contributed by atoms with E-state index in [1.807, 2.05) is 18.7 Å². The Labute approximate surface area is 111 Å². The highest BCUT2D eigenvalue weighted by atomic mass is 35.5. The van der Waals surface area contributed by atoms with Crippen molar-refractivity contribution < 1.29 is 9.84 Å². The van der Waals surface area contributed by atoms with Gasteiger partial charge in [0.25, 0.3) is 0 Å². The van der Waals surface area contributed by atoms with Crippen LogP contribution in [0.3, 0.4) is 0 Å². The summed E-state index contributed by atoms with van der Waals surface area (Å²) in [6.45, 7) is 5.10. The quantitative estimate of drug-likeness (QED) is 0.771. The summed E-state index contributed by atoms with van der Waals surface area (Å²) >= 11 is 5.87. The summed E-state index contributed by atoms with van der Waals surface area (Å²) in [5.41, 5.74) is 5.22. The average Bonchev–Trinajstić information content (AvgIpc) is 2.25. The predicted molar refractivity (Wildman–Crippen MR) is 69.7 cm³/mol. The molecule has 2 rings (SSSR count). The number of halogens is 1.